The summed E-state index contributed by atoms with van der Waals surface area (Å²) < 4.78 is 10.6. The molecule has 0 saturated carbocycles. The normalized spacial score (nSPS) is 10.5. The molecule has 0 bridgehead atoms. The third kappa shape index (κ3) is 2.53. The third-order valence-corrected chi connectivity index (χ3v) is 5.03. The molecular weight excluding hydrogens is 354 g/mol. The number of methoxy groups -OCH3 is 2. The number of primary amides is 1. The first-order valence-corrected chi connectivity index (χ1v) is 8.18. The predicted molar refractivity (Wildman–Crippen MR) is 100 cm³/mol. The summed E-state index contributed by atoms with van der Waals surface area (Å²) in [6.07, 6.45) is 0. The summed E-state index contributed by atoms with van der Waals surface area (Å²) in [7, 11) is 3.03. The number of aromatic nitrogens is 1. The Morgan fingerprint density at radius 3 is 2.50 bits per heavy atom. The maximum Gasteiger partial charge on any atom is 0.260 e. The number of nitrogens with two attached hydrogens (primary N) is 3. The molecule has 0 atom stereocenters. The van der Waals surface area contributed by atoms with Gasteiger partial charge in [-0.05, 0) is 17.7 Å². The van der Waals surface area contributed by atoms with Crippen LogP contribution in [-0.4, -0.2) is 25.1 Å². The third-order valence-electron chi connectivity index (χ3n) is 3.91. The van der Waals surface area contributed by atoms with Crippen molar-refractivity contribution in [3.05, 3.63) is 28.6 Å². The highest BCUT2D eigenvalue weighted by Gasteiger charge is 2.23. The lowest BCUT2D eigenvalue weighted by molar-refractivity contribution is 0.100. The van der Waals surface area contributed by atoms with Gasteiger partial charge in [-0.3, -0.25) is 4.79 Å². The van der Waals surface area contributed by atoms with E-state index in [1.165, 1.54) is 14.2 Å². The highest BCUT2D eigenvalue weighted by molar-refractivity contribution is 7.21. The molecular formula is C17H15N5O3S. The van der Waals surface area contributed by atoms with Crippen molar-refractivity contribution < 1.29 is 14.3 Å². The van der Waals surface area contributed by atoms with E-state index in [0.717, 1.165) is 11.3 Å². The number of carbonyl (C=O) groups excluding carboxylic acids is 1. The molecule has 8 nitrogen and oxygen atoms in total. The van der Waals surface area contributed by atoms with Crippen molar-refractivity contribution in [2.75, 3.05) is 25.7 Å². The summed E-state index contributed by atoms with van der Waals surface area (Å²) in [5.41, 5.74) is 18.9. The summed E-state index contributed by atoms with van der Waals surface area (Å²) in [6.45, 7) is 0. The number of nitrogens with zero attached hydrogens (tertiary/aromatic N) is 2. The number of rotatable bonds is 4. The average Bonchev–Trinajstić information content (AvgIpc) is 2.96. The molecule has 3 aromatic rings. The van der Waals surface area contributed by atoms with Crippen LogP contribution in [0.3, 0.4) is 0 Å². The van der Waals surface area contributed by atoms with Crippen LogP contribution in [0.15, 0.2) is 18.2 Å². The number of pyridine rings is 1. The number of nitrogen functional groups attached to an aromatic ring is 2. The lowest BCUT2D eigenvalue weighted by Crippen LogP contribution is -2.10. The van der Waals surface area contributed by atoms with E-state index in [4.69, 9.17) is 26.7 Å². The molecule has 0 aliphatic heterocycles. The SMILES string of the molecule is COc1ccc(-c2c(C#N)c(N)nc3sc(C(N)=O)c(N)c23)cc1OC. The van der Waals surface area contributed by atoms with Crippen LogP contribution in [0.2, 0.25) is 0 Å². The van der Waals surface area contributed by atoms with Gasteiger partial charge in [0.15, 0.2) is 11.5 Å². The molecule has 6 N–H and O–H groups in total. The lowest BCUT2D eigenvalue weighted by Gasteiger charge is -2.13. The number of fused-ring (bicyclic) bond motifs is 1. The van der Waals surface area contributed by atoms with Crippen LogP contribution in [0.25, 0.3) is 21.3 Å². The number of benzene rings is 1. The number of anilines is 2. The van der Waals surface area contributed by atoms with E-state index in [-0.39, 0.29) is 21.9 Å². The second-order valence-corrected chi connectivity index (χ2v) is 6.32. The number of thiophene rings is 1. The second kappa shape index (κ2) is 6.42. The zero-order valence-corrected chi connectivity index (χ0v) is 14.8. The Kier molecular flexibility index (Phi) is 4.28. The van der Waals surface area contributed by atoms with Crippen LogP contribution in [0.1, 0.15) is 15.2 Å². The van der Waals surface area contributed by atoms with Gasteiger partial charge in [0.05, 0.1) is 19.9 Å². The molecule has 0 radical (unpaired) electrons. The van der Waals surface area contributed by atoms with Crippen LogP contribution < -0.4 is 26.7 Å². The van der Waals surface area contributed by atoms with Crippen molar-refractivity contribution in [1.29, 1.82) is 5.26 Å². The summed E-state index contributed by atoms with van der Waals surface area (Å²) in [5, 5.41) is 10.1. The highest BCUT2D eigenvalue weighted by atomic mass is 32.1. The fourth-order valence-electron chi connectivity index (χ4n) is 2.75. The van der Waals surface area contributed by atoms with Crippen LogP contribution >= 0.6 is 11.3 Å². The van der Waals surface area contributed by atoms with E-state index in [9.17, 15) is 10.1 Å². The van der Waals surface area contributed by atoms with Crippen LogP contribution in [0, 0.1) is 11.3 Å². The van der Waals surface area contributed by atoms with E-state index >= 15 is 0 Å². The Labute approximate surface area is 152 Å². The van der Waals surface area contributed by atoms with Crippen LogP contribution in [0.4, 0.5) is 11.5 Å². The number of amides is 1. The van der Waals surface area contributed by atoms with Gasteiger partial charge in [-0.15, -0.1) is 11.3 Å². The van der Waals surface area contributed by atoms with Gasteiger partial charge in [-0.2, -0.15) is 5.26 Å². The first kappa shape index (κ1) is 17.3. The summed E-state index contributed by atoms with van der Waals surface area (Å²) in [4.78, 5) is 16.5. The van der Waals surface area contributed by atoms with Crippen LogP contribution in [-0.2, 0) is 0 Å². The molecule has 132 valence electrons. The van der Waals surface area contributed by atoms with Gasteiger partial charge in [0, 0.05) is 10.9 Å². The Bertz CT molecular complexity index is 1080. The van der Waals surface area contributed by atoms with Crippen molar-refractivity contribution in [3.63, 3.8) is 0 Å². The molecule has 1 aromatic carbocycles. The minimum absolute atomic E-state index is 0.0436. The van der Waals surface area contributed by atoms with E-state index in [1.54, 1.807) is 18.2 Å². The first-order valence-electron chi connectivity index (χ1n) is 7.36. The lowest BCUT2D eigenvalue weighted by atomic mass is 9.97. The molecule has 2 aromatic heterocycles. The molecule has 0 unspecified atom stereocenters. The van der Waals surface area contributed by atoms with Crippen molar-refractivity contribution in [2.24, 2.45) is 5.73 Å². The van der Waals surface area contributed by atoms with E-state index in [2.05, 4.69) is 11.1 Å². The Balaban J connectivity index is 2.44. The smallest absolute Gasteiger partial charge is 0.260 e. The molecule has 9 heteroatoms. The maximum atomic E-state index is 11.7. The molecule has 0 fully saturated rings. The molecule has 0 aliphatic rings. The van der Waals surface area contributed by atoms with Crippen molar-refractivity contribution >= 4 is 39.0 Å². The first-order chi connectivity index (χ1) is 12.4. The van der Waals surface area contributed by atoms with E-state index in [1.807, 2.05) is 0 Å². The zero-order chi connectivity index (χ0) is 19.0. The summed E-state index contributed by atoms with van der Waals surface area (Å²) in [5.74, 6) is 0.383. The Hall–Kier alpha value is -3.51. The molecule has 3 rings (SSSR count). The van der Waals surface area contributed by atoms with Gasteiger partial charge in [0.1, 0.15) is 27.2 Å². The molecule has 1 amide bonds. The van der Waals surface area contributed by atoms with E-state index in [0.29, 0.717) is 32.8 Å². The summed E-state index contributed by atoms with van der Waals surface area (Å²) >= 11 is 1.04. The molecule has 0 saturated heterocycles. The average molecular weight is 369 g/mol. The predicted octanol–water partition coefficient (Wildman–Crippen LogP) is 2.12. The number of hydrogen-bond donors (Lipinski definition) is 3. The van der Waals surface area contributed by atoms with Crippen molar-refractivity contribution in [1.82, 2.24) is 4.98 Å². The standard InChI is InChI=1S/C17H15N5O3S/c1-24-9-4-3-7(5-10(9)25-2)11-8(6-18)15(20)22-17-12(11)13(19)14(26-17)16(21)23/h3-5H,19H2,1-2H3,(H2,20,22)(H2,21,23). The number of nitriles is 1. The fourth-order valence-corrected chi connectivity index (χ4v) is 3.71. The van der Waals surface area contributed by atoms with Gasteiger partial charge in [0.25, 0.3) is 5.91 Å². The largest absolute Gasteiger partial charge is 0.493 e. The van der Waals surface area contributed by atoms with Gasteiger partial charge >= 0.3 is 0 Å². The molecule has 0 spiro atoms. The highest BCUT2D eigenvalue weighted by Crippen LogP contribution is 2.44. The quantitative estimate of drug-likeness (QED) is 0.637. The van der Waals surface area contributed by atoms with Crippen molar-refractivity contribution in [2.45, 2.75) is 0 Å². The zero-order valence-electron chi connectivity index (χ0n) is 14.0. The second-order valence-electron chi connectivity index (χ2n) is 5.32. The number of hydrogen-bond acceptors (Lipinski definition) is 8. The van der Waals surface area contributed by atoms with Gasteiger partial charge < -0.3 is 26.7 Å². The number of ether oxygens (including phenoxy) is 2. The van der Waals surface area contributed by atoms with Gasteiger partial charge in [0.2, 0.25) is 0 Å². The molecule has 2 heterocycles. The van der Waals surface area contributed by atoms with Gasteiger partial charge in [-0.25, -0.2) is 4.98 Å². The monoisotopic (exact) mass is 369 g/mol. The van der Waals surface area contributed by atoms with Gasteiger partial charge in [-0.1, -0.05) is 6.07 Å². The number of carbonyl (C=O) groups is 1. The van der Waals surface area contributed by atoms with E-state index < -0.39 is 5.91 Å². The topological polar surface area (TPSA) is 150 Å². The maximum absolute atomic E-state index is 11.7. The van der Waals surface area contributed by atoms with Crippen LogP contribution in [0.5, 0.6) is 11.5 Å². The Morgan fingerprint density at radius 1 is 1.23 bits per heavy atom. The minimum Gasteiger partial charge on any atom is -0.493 e. The van der Waals surface area contributed by atoms with Crippen molar-refractivity contribution in [3.8, 4) is 28.7 Å². The Morgan fingerprint density at radius 2 is 1.92 bits per heavy atom. The minimum atomic E-state index is -0.666. The fraction of sp³-hybridized carbons (Fsp3) is 0.118. The molecule has 26 heavy (non-hydrogen) atoms. The summed E-state index contributed by atoms with van der Waals surface area (Å²) in [6, 6.07) is 7.21. The molecule has 0 aliphatic carbocycles.